The first-order valence-electron chi connectivity index (χ1n) is 12.6. The van der Waals surface area contributed by atoms with Crippen molar-refractivity contribution in [3.8, 4) is 11.8 Å². The van der Waals surface area contributed by atoms with Crippen molar-refractivity contribution in [2.45, 2.75) is 45.4 Å². The number of nitrogens with one attached hydrogen (secondary N) is 1. The van der Waals surface area contributed by atoms with E-state index in [1.165, 1.54) is 29.6 Å². The fourth-order valence-corrected chi connectivity index (χ4v) is 3.59. The third-order valence-corrected chi connectivity index (χ3v) is 5.34. The van der Waals surface area contributed by atoms with Crippen molar-refractivity contribution in [1.82, 2.24) is 25.0 Å². The summed E-state index contributed by atoms with van der Waals surface area (Å²) in [4.78, 5) is 43.1. The van der Waals surface area contributed by atoms with Gasteiger partial charge in [-0.3, -0.25) is 14.6 Å². The number of hydrogen-bond donors (Lipinski definition) is 1. The highest BCUT2D eigenvalue weighted by molar-refractivity contribution is 5.94. The summed E-state index contributed by atoms with van der Waals surface area (Å²) >= 11 is 0. The molecule has 12 heteroatoms. The Morgan fingerprint density at radius 3 is 2.44 bits per heavy atom. The highest BCUT2D eigenvalue weighted by Crippen LogP contribution is 2.12. The molecule has 1 atom stereocenters. The number of nitrogens with zero attached hydrogens (tertiary/aromatic N) is 4. The van der Waals surface area contributed by atoms with Crippen LogP contribution in [0, 0.1) is 11.8 Å². The number of amides is 2. The lowest BCUT2D eigenvalue weighted by molar-refractivity contribution is -0.148. The zero-order valence-electron chi connectivity index (χ0n) is 23.1. The normalized spacial score (nSPS) is 11.7. The largest absolute Gasteiger partial charge is 0.459 e. The molecule has 0 aliphatic rings. The lowest BCUT2D eigenvalue weighted by atomic mass is 10.1. The Balaban J connectivity index is 1.67. The predicted molar refractivity (Wildman–Crippen MR) is 145 cm³/mol. The van der Waals surface area contributed by atoms with E-state index in [1.54, 1.807) is 27.8 Å². The number of carbonyl (C=O) groups excluding carboxylic acids is 3. The number of carbonyl (C=O) groups is 3. The number of alkyl halides is 2. The number of hydrogen-bond acceptors (Lipinski definition) is 7. The monoisotopic (exact) mass is 567 g/mol. The second-order valence-corrected chi connectivity index (χ2v) is 10.0. The number of likely N-dealkylation sites (N-methyl/N-ethyl adjacent to an activating group) is 1. The minimum Gasteiger partial charge on any atom is -0.459 e. The van der Waals surface area contributed by atoms with Gasteiger partial charge in [0.1, 0.15) is 18.2 Å². The van der Waals surface area contributed by atoms with Gasteiger partial charge in [0.05, 0.1) is 23.9 Å². The number of alkyl carbamates (subject to hydrolysis) is 1. The predicted octanol–water partition coefficient (Wildman–Crippen LogP) is 3.82. The minimum absolute atomic E-state index is 0.0502. The van der Waals surface area contributed by atoms with E-state index >= 15 is 0 Å². The van der Waals surface area contributed by atoms with Crippen LogP contribution in [0.2, 0.25) is 0 Å². The van der Waals surface area contributed by atoms with Gasteiger partial charge in [0.25, 0.3) is 5.91 Å². The Hall–Kier alpha value is -4.79. The van der Waals surface area contributed by atoms with Crippen molar-refractivity contribution >= 4 is 18.0 Å². The SMILES string of the molecule is CN(C[C@H](Cc1ccccc1)OC(=O)CNC(=O)OC(C)(C)C)C(=O)c1cncc(C#Cc2cnn(C(F)F)c2)c1. The van der Waals surface area contributed by atoms with Crippen LogP contribution in [0.15, 0.2) is 61.2 Å². The second kappa shape index (κ2) is 14.0. The molecule has 2 heterocycles. The Morgan fingerprint density at radius 2 is 1.78 bits per heavy atom. The summed E-state index contributed by atoms with van der Waals surface area (Å²) in [6.45, 7) is 1.99. The van der Waals surface area contributed by atoms with Gasteiger partial charge in [-0.2, -0.15) is 13.9 Å². The minimum atomic E-state index is -2.77. The number of ether oxygens (including phenoxy) is 2. The summed E-state index contributed by atoms with van der Waals surface area (Å²) < 4.78 is 36.7. The number of benzene rings is 1. The summed E-state index contributed by atoms with van der Waals surface area (Å²) in [5.74, 6) is 4.42. The molecule has 41 heavy (non-hydrogen) atoms. The van der Waals surface area contributed by atoms with Crippen molar-refractivity contribution in [2.75, 3.05) is 20.1 Å². The molecule has 0 unspecified atom stereocenters. The van der Waals surface area contributed by atoms with Crippen LogP contribution in [0.4, 0.5) is 13.6 Å². The van der Waals surface area contributed by atoms with Crippen LogP contribution in [0.25, 0.3) is 0 Å². The van der Waals surface area contributed by atoms with E-state index in [0.29, 0.717) is 16.7 Å². The lowest BCUT2D eigenvalue weighted by Crippen LogP contribution is -2.41. The molecule has 0 spiro atoms. The molecule has 3 aromatic rings. The molecule has 0 aliphatic carbocycles. The third-order valence-electron chi connectivity index (χ3n) is 5.34. The summed E-state index contributed by atoms with van der Waals surface area (Å²) in [6.07, 6.45) is 4.01. The van der Waals surface area contributed by atoms with Gasteiger partial charge in [-0.15, -0.1) is 0 Å². The first-order valence-corrected chi connectivity index (χ1v) is 12.6. The zero-order chi connectivity index (χ0) is 30.0. The summed E-state index contributed by atoms with van der Waals surface area (Å²) in [6, 6.07) is 10.8. The molecule has 10 nitrogen and oxygen atoms in total. The van der Waals surface area contributed by atoms with E-state index < -0.39 is 42.8 Å². The van der Waals surface area contributed by atoms with E-state index in [-0.39, 0.29) is 17.7 Å². The Kier molecular flexibility index (Phi) is 10.5. The highest BCUT2D eigenvalue weighted by atomic mass is 19.3. The van der Waals surface area contributed by atoms with E-state index in [0.717, 1.165) is 11.8 Å². The zero-order valence-corrected chi connectivity index (χ0v) is 23.1. The second-order valence-electron chi connectivity index (χ2n) is 10.0. The number of esters is 1. The molecule has 0 saturated carbocycles. The van der Waals surface area contributed by atoms with Crippen LogP contribution < -0.4 is 5.32 Å². The maximum atomic E-state index is 13.2. The van der Waals surface area contributed by atoms with E-state index in [9.17, 15) is 23.2 Å². The molecule has 0 aliphatic heterocycles. The van der Waals surface area contributed by atoms with Crippen LogP contribution in [0.1, 0.15) is 54.4 Å². The van der Waals surface area contributed by atoms with Crippen LogP contribution in [0.5, 0.6) is 0 Å². The molecular formula is C29H31F2N5O5. The first kappa shape index (κ1) is 30.7. The van der Waals surface area contributed by atoms with Crippen LogP contribution in [-0.2, 0) is 20.7 Å². The average molecular weight is 568 g/mol. The van der Waals surface area contributed by atoms with Crippen LogP contribution in [0.3, 0.4) is 0 Å². The summed E-state index contributed by atoms with van der Waals surface area (Å²) in [5.41, 5.74) is 1.09. The Labute approximate surface area is 236 Å². The third kappa shape index (κ3) is 10.4. The van der Waals surface area contributed by atoms with Crippen molar-refractivity contribution < 1.29 is 32.6 Å². The molecule has 0 radical (unpaired) electrons. The standard InChI is InChI=1S/C29H31F2N5O5/c1-29(2,3)41-28(39)33-17-25(37)40-24(13-20-8-6-5-7-9-20)19-35(4)26(38)23-12-21(14-32-16-23)10-11-22-15-34-36(18-22)27(30)31/h5-9,12,14-16,18,24,27H,13,17,19H2,1-4H3,(H,33,39)/t24-/m0/s1. The molecule has 0 saturated heterocycles. The van der Waals surface area contributed by atoms with Gasteiger partial charge >= 0.3 is 18.6 Å². The van der Waals surface area contributed by atoms with Crippen molar-refractivity contribution in [3.63, 3.8) is 0 Å². The highest BCUT2D eigenvalue weighted by Gasteiger charge is 2.23. The molecule has 2 aromatic heterocycles. The topological polar surface area (TPSA) is 116 Å². The van der Waals surface area contributed by atoms with Gasteiger partial charge in [-0.1, -0.05) is 42.2 Å². The summed E-state index contributed by atoms with van der Waals surface area (Å²) in [5, 5.41) is 5.90. The number of pyridine rings is 1. The van der Waals surface area contributed by atoms with Crippen molar-refractivity contribution in [1.29, 1.82) is 0 Å². The molecular weight excluding hydrogens is 536 g/mol. The average Bonchev–Trinajstić information content (AvgIpc) is 3.40. The van der Waals surface area contributed by atoms with Crippen molar-refractivity contribution in [2.24, 2.45) is 0 Å². The number of rotatable bonds is 9. The Bertz CT molecular complexity index is 1410. The number of aromatic nitrogens is 3. The maximum absolute atomic E-state index is 13.2. The molecule has 0 bridgehead atoms. The van der Waals surface area contributed by atoms with Gasteiger partial charge in [-0.05, 0) is 32.4 Å². The maximum Gasteiger partial charge on any atom is 0.408 e. The molecule has 0 fully saturated rings. The van der Waals surface area contributed by atoms with Gasteiger partial charge in [0, 0.05) is 37.6 Å². The smallest absolute Gasteiger partial charge is 0.408 e. The molecule has 3 rings (SSSR count). The number of halogens is 2. The lowest BCUT2D eigenvalue weighted by Gasteiger charge is -2.25. The fourth-order valence-electron chi connectivity index (χ4n) is 3.59. The molecule has 1 aromatic carbocycles. The molecule has 1 N–H and O–H groups in total. The fraction of sp³-hybridized carbons (Fsp3) is 0.345. The van der Waals surface area contributed by atoms with Gasteiger partial charge in [0.2, 0.25) is 0 Å². The molecule has 2 amide bonds. The quantitative estimate of drug-likeness (QED) is 0.309. The van der Waals surface area contributed by atoms with Crippen LogP contribution in [-0.4, -0.2) is 69.5 Å². The van der Waals surface area contributed by atoms with Gasteiger partial charge in [0.15, 0.2) is 0 Å². The van der Waals surface area contributed by atoms with E-state index in [2.05, 4.69) is 27.2 Å². The van der Waals surface area contributed by atoms with E-state index in [4.69, 9.17) is 9.47 Å². The van der Waals surface area contributed by atoms with Gasteiger partial charge in [-0.25, -0.2) is 9.48 Å². The van der Waals surface area contributed by atoms with E-state index in [1.807, 2.05) is 30.3 Å². The Morgan fingerprint density at radius 1 is 1.07 bits per heavy atom. The summed E-state index contributed by atoms with van der Waals surface area (Å²) in [7, 11) is 1.56. The molecule has 216 valence electrons. The van der Waals surface area contributed by atoms with Gasteiger partial charge < -0.3 is 19.7 Å². The van der Waals surface area contributed by atoms with Crippen molar-refractivity contribution in [3.05, 3.63) is 83.4 Å². The first-order chi connectivity index (χ1) is 19.4. The van der Waals surface area contributed by atoms with Crippen LogP contribution >= 0.6 is 0 Å².